The van der Waals surface area contributed by atoms with Gasteiger partial charge in [0, 0.05) is 12.1 Å². The maximum atomic E-state index is 12.4. The smallest absolute Gasteiger partial charge is 0.338 e. The third-order valence-electron chi connectivity index (χ3n) is 3.84. The quantitative estimate of drug-likeness (QED) is 0.368. The maximum Gasteiger partial charge on any atom is 0.338 e. The summed E-state index contributed by atoms with van der Waals surface area (Å²) >= 11 is 0. The first-order valence-electron chi connectivity index (χ1n) is 8.84. The second-order valence-corrected chi connectivity index (χ2v) is 8.37. The summed E-state index contributed by atoms with van der Waals surface area (Å²) in [6, 6.07) is 9.18. The Bertz CT molecular complexity index is 1080. The van der Waals surface area contributed by atoms with Crippen LogP contribution in [0, 0.1) is 17.0 Å². The number of carbonyl (C=O) groups is 2. The van der Waals surface area contributed by atoms with Gasteiger partial charge in [-0.3, -0.25) is 14.9 Å². The van der Waals surface area contributed by atoms with Crippen molar-refractivity contribution in [3.05, 3.63) is 63.7 Å². The molecule has 0 spiro atoms. The average Bonchev–Trinajstić information content (AvgIpc) is 2.65. The minimum Gasteiger partial charge on any atom is -0.452 e. The van der Waals surface area contributed by atoms with Gasteiger partial charge in [-0.1, -0.05) is 18.2 Å². The number of hydrogen-bond acceptors (Lipinski definition) is 7. The van der Waals surface area contributed by atoms with Crippen LogP contribution < -0.4 is 10.0 Å². The van der Waals surface area contributed by atoms with E-state index < -0.39 is 33.4 Å². The van der Waals surface area contributed by atoms with Crippen LogP contribution in [0.25, 0.3) is 0 Å². The molecule has 0 heterocycles. The van der Waals surface area contributed by atoms with E-state index >= 15 is 0 Å². The number of esters is 1. The van der Waals surface area contributed by atoms with Gasteiger partial charge in [-0.25, -0.2) is 17.9 Å². The van der Waals surface area contributed by atoms with Gasteiger partial charge in [0.25, 0.3) is 11.6 Å². The number of nitrogens with one attached hydrogen (secondary N) is 2. The van der Waals surface area contributed by atoms with E-state index in [1.807, 2.05) is 0 Å². The summed E-state index contributed by atoms with van der Waals surface area (Å²) in [5, 5.41) is 13.3. The molecule has 11 heteroatoms. The summed E-state index contributed by atoms with van der Waals surface area (Å²) in [6.07, 6.45) is 0. The highest BCUT2D eigenvalue weighted by atomic mass is 32.2. The van der Waals surface area contributed by atoms with Crippen molar-refractivity contribution in [1.82, 2.24) is 4.72 Å². The lowest BCUT2D eigenvalue weighted by atomic mass is 10.1. The Balaban J connectivity index is 2.11. The molecule has 0 aliphatic rings. The van der Waals surface area contributed by atoms with Crippen LogP contribution in [0.4, 0.5) is 11.4 Å². The molecule has 0 radical (unpaired) electrons. The van der Waals surface area contributed by atoms with Crippen LogP contribution in [0.15, 0.2) is 47.4 Å². The van der Waals surface area contributed by atoms with Gasteiger partial charge >= 0.3 is 5.97 Å². The number of rotatable bonds is 8. The van der Waals surface area contributed by atoms with Gasteiger partial charge in [-0.15, -0.1) is 0 Å². The van der Waals surface area contributed by atoms with E-state index in [4.69, 9.17) is 4.74 Å². The molecule has 0 aromatic heterocycles. The van der Waals surface area contributed by atoms with E-state index in [2.05, 4.69) is 10.0 Å². The summed E-state index contributed by atoms with van der Waals surface area (Å²) < 4.78 is 32.0. The average molecular weight is 435 g/mol. The van der Waals surface area contributed by atoms with Gasteiger partial charge in [-0.2, -0.15) is 0 Å². The molecule has 160 valence electrons. The van der Waals surface area contributed by atoms with Crippen molar-refractivity contribution < 1.29 is 27.7 Å². The van der Waals surface area contributed by atoms with E-state index in [9.17, 15) is 28.1 Å². The molecule has 30 heavy (non-hydrogen) atoms. The zero-order valence-electron chi connectivity index (χ0n) is 16.5. The maximum absolute atomic E-state index is 12.4. The van der Waals surface area contributed by atoms with Crippen LogP contribution in [-0.2, 0) is 19.6 Å². The molecule has 0 bridgehead atoms. The number of nitro benzene ring substituents is 1. The predicted octanol–water partition coefficient (Wildman–Crippen LogP) is 2.39. The summed E-state index contributed by atoms with van der Waals surface area (Å²) in [7, 11) is -3.82. The molecular weight excluding hydrogens is 414 g/mol. The number of benzene rings is 2. The van der Waals surface area contributed by atoms with Gasteiger partial charge in [-0.05, 0) is 44.5 Å². The van der Waals surface area contributed by atoms with Crippen molar-refractivity contribution in [3.8, 4) is 0 Å². The van der Waals surface area contributed by atoms with Crippen molar-refractivity contribution in [3.63, 3.8) is 0 Å². The lowest BCUT2D eigenvalue weighted by Gasteiger charge is -2.12. The number of amides is 1. The van der Waals surface area contributed by atoms with E-state index in [-0.39, 0.29) is 27.9 Å². The molecule has 2 aromatic rings. The highest BCUT2D eigenvalue weighted by Crippen LogP contribution is 2.23. The molecule has 0 aliphatic heterocycles. The topological polar surface area (TPSA) is 145 Å². The zero-order chi connectivity index (χ0) is 22.5. The van der Waals surface area contributed by atoms with E-state index in [0.717, 1.165) is 0 Å². The lowest BCUT2D eigenvalue weighted by Crippen LogP contribution is -2.30. The van der Waals surface area contributed by atoms with Crippen LogP contribution in [0.1, 0.15) is 29.8 Å². The van der Waals surface area contributed by atoms with Crippen molar-refractivity contribution >= 4 is 33.3 Å². The van der Waals surface area contributed by atoms with Crippen LogP contribution >= 0.6 is 0 Å². The van der Waals surface area contributed by atoms with Crippen LogP contribution in [0.5, 0.6) is 0 Å². The van der Waals surface area contributed by atoms with Crippen molar-refractivity contribution in [2.75, 3.05) is 11.9 Å². The third-order valence-corrected chi connectivity index (χ3v) is 5.50. The van der Waals surface area contributed by atoms with Crippen molar-refractivity contribution in [2.45, 2.75) is 31.7 Å². The van der Waals surface area contributed by atoms with Gasteiger partial charge in [0.15, 0.2) is 6.61 Å². The molecule has 0 saturated heterocycles. The molecule has 0 saturated carbocycles. The Morgan fingerprint density at radius 2 is 1.83 bits per heavy atom. The monoisotopic (exact) mass is 435 g/mol. The zero-order valence-corrected chi connectivity index (χ0v) is 17.4. The minimum atomic E-state index is -3.82. The van der Waals surface area contributed by atoms with Crippen LogP contribution in [0.3, 0.4) is 0 Å². The molecule has 0 aliphatic carbocycles. The van der Waals surface area contributed by atoms with E-state index in [1.165, 1.54) is 42.5 Å². The van der Waals surface area contributed by atoms with E-state index in [1.54, 1.807) is 20.8 Å². The fourth-order valence-electron chi connectivity index (χ4n) is 2.50. The summed E-state index contributed by atoms with van der Waals surface area (Å²) in [5.74, 6) is -1.67. The summed E-state index contributed by atoms with van der Waals surface area (Å²) in [4.78, 5) is 34.6. The highest BCUT2D eigenvalue weighted by molar-refractivity contribution is 7.89. The number of hydrogen-bond donors (Lipinski definition) is 2. The number of nitro groups is 1. The Morgan fingerprint density at radius 1 is 1.17 bits per heavy atom. The first kappa shape index (κ1) is 23.0. The molecule has 0 atom stereocenters. The molecule has 1 amide bonds. The standard InChI is InChI=1S/C19H21N3O7S/c1-12(2)21-30(27,28)14-9-8-13(3)15(10-14)19(24)29-11-18(23)20-16-6-4-5-7-17(16)22(25)26/h4-10,12,21H,11H2,1-3H3,(H,20,23). The minimum absolute atomic E-state index is 0.0138. The number of anilines is 1. The SMILES string of the molecule is Cc1ccc(S(=O)(=O)NC(C)C)cc1C(=O)OCC(=O)Nc1ccccc1[N+](=O)[O-]. The van der Waals surface area contributed by atoms with Gasteiger partial charge in [0.1, 0.15) is 5.69 Å². The molecule has 10 nitrogen and oxygen atoms in total. The van der Waals surface area contributed by atoms with Gasteiger partial charge in [0.2, 0.25) is 10.0 Å². The predicted molar refractivity (Wildman–Crippen MR) is 109 cm³/mol. The largest absolute Gasteiger partial charge is 0.452 e. The highest BCUT2D eigenvalue weighted by Gasteiger charge is 2.21. The Labute approximate surface area is 173 Å². The lowest BCUT2D eigenvalue weighted by molar-refractivity contribution is -0.383. The van der Waals surface area contributed by atoms with Crippen molar-refractivity contribution in [2.24, 2.45) is 0 Å². The second-order valence-electron chi connectivity index (χ2n) is 6.65. The first-order valence-corrected chi connectivity index (χ1v) is 10.3. The fraction of sp³-hybridized carbons (Fsp3) is 0.263. The van der Waals surface area contributed by atoms with E-state index in [0.29, 0.717) is 5.56 Å². The molecule has 0 unspecified atom stereocenters. The second kappa shape index (κ2) is 9.46. The number of carbonyl (C=O) groups excluding carboxylic acids is 2. The number of para-hydroxylation sites is 2. The summed E-state index contributed by atoms with van der Waals surface area (Å²) in [6.45, 7) is 4.22. The third kappa shape index (κ3) is 5.84. The van der Waals surface area contributed by atoms with Crippen molar-refractivity contribution in [1.29, 1.82) is 0 Å². The Kier molecular flexibility index (Phi) is 7.24. The Hall–Kier alpha value is -3.31. The van der Waals surface area contributed by atoms with Gasteiger partial charge in [0.05, 0.1) is 15.4 Å². The van der Waals surface area contributed by atoms with Crippen LogP contribution in [-0.4, -0.2) is 37.9 Å². The molecular formula is C19H21N3O7S. The number of sulfonamides is 1. The first-order chi connectivity index (χ1) is 14.0. The van der Waals surface area contributed by atoms with Gasteiger partial charge < -0.3 is 10.1 Å². The van der Waals surface area contributed by atoms with Crippen LogP contribution in [0.2, 0.25) is 0 Å². The number of ether oxygens (including phenoxy) is 1. The normalized spacial score (nSPS) is 11.2. The number of aryl methyl sites for hydroxylation is 1. The molecule has 0 fully saturated rings. The summed E-state index contributed by atoms with van der Waals surface area (Å²) in [5.41, 5.74) is 0.110. The molecule has 2 rings (SSSR count). The molecule has 2 N–H and O–H groups in total. The Morgan fingerprint density at radius 3 is 2.47 bits per heavy atom. The fourth-order valence-corrected chi connectivity index (χ4v) is 3.78. The molecule has 2 aromatic carbocycles. The number of nitrogens with zero attached hydrogens (tertiary/aromatic N) is 1.